The molecule has 0 bridgehead atoms. The SMILES string of the molecule is COCC(C)CNCC(O)COc1cccc(OC)c1. The lowest BCUT2D eigenvalue weighted by atomic mass is 10.2. The fourth-order valence-corrected chi connectivity index (χ4v) is 1.78. The van der Waals surface area contributed by atoms with Gasteiger partial charge in [-0.3, -0.25) is 0 Å². The van der Waals surface area contributed by atoms with Gasteiger partial charge in [-0.2, -0.15) is 0 Å². The van der Waals surface area contributed by atoms with Crippen molar-refractivity contribution in [2.45, 2.75) is 13.0 Å². The molecular formula is C15H25NO4. The van der Waals surface area contributed by atoms with Gasteiger partial charge in [-0.05, 0) is 24.6 Å². The third kappa shape index (κ3) is 6.75. The van der Waals surface area contributed by atoms with E-state index in [-0.39, 0.29) is 6.61 Å². The molecule has 2 N–H and O–H groups in total. The monoisotopic (exact) mass is 283 g/mol. The van der Waals surface area contributed by atoms with Crippen LogP contribution in [0.25, 0.3) is 0 Å². The van der Waals surface area contributed by atoms with Crippen LogP contribution in [0.4, 0.5) is 0 Å². The van der Waals surface area contributed by atoms with Crippen LogP contribution >= 0.6 is 0 Å². The second kappa shape index (κ2) is 9.58. The largest absolute Gasteiger partial charge is 0.497 e. The molecule has 114 valence electrons. The highest BCUT2D eigenvalue weighted by Gasteiger charge is 2.07. The van der Waals surface area contributed by atoms with E-state index in [1.807, 2.05) is 18.2 Å². The van der Waals surface area contributed by atoms with Gasteiger partial charge >= 0.3 is 0 Å². The minimum Gasteiger partial charge on any atom is -0.497 e. The fourth-order valence-electron chi connectivity index (χ4n) is 1.78. The summed E-state index contributed by atoms with van der Waals surface area (Å²) in [5, 5.41) is 13.0. The highest BCUT2D eigenvalue weighted by Crippen LogP contribution is 2.18. The van der Waals surface area contributed by atoms with Crippen molar-refractivity contribution in [2.75, 3.05) is 40.5 Å². The smallest absolute Gasteiger partial charge is 0.123 e. The Hall–Kier alpha value is -1.30. The van der Waals surface area contributed by atoms with Crippen molar-refractivity contribution in [3.63, 3.8) is 0 Å². The molecule has 1 aromatic carbocycles. The Morgan fingerprint density at radius 1 is 1.15 bits per heavy atom. The first-order valence-corrected chi connectivity index (χ1v) is 6.80. The van der Waals surface area contributed by atoms with Crippen LogP contribution in [-0.2, 0) is 4.74 Å². The Bertz CT molecular complexity index is 373. The lowest BCUT2D eigenvalue weighted by molar-refractivity contribution is 0.102. The molecule has 2 atom stereocenters. The van der Waals surface area contributed by atoms with Crippen molar-refractivity contribution < 1.29 is 19.3 Å². The van der Waals surface area contributed by atoms with E-state index in [2.05, 4.69) is 12.2 Å². The molecule has 0 saturated heterocycles. The lowest BCUT2D eigenvalue weighted by Crippen LogP contribution is -2.34. The number of hydrogen-bond donors (Lipinski definition) is 2. The Morgan fingerprint density at radius 2 is 1.90 bits per heavy atom. The fraction of sp³-hybridized carbons (Fsp3) is 0.600. The standard InChI is InChI=1S/C15H25NO4/c1-12(10-18-2)8-16-9-13(17)11-20-15-6-4-5-14(7-15)19-3/h4-7,12-13,16-17H,8-11H2,1-3H3. The number of aliphatic hydroxyl groups is 1. The summed E-state index contributed by atoms with van der Waals surface area (Å²) >= 11 is 0. The zero-order valence-electron chi connectivity index (χ0n) is 12.5. The normalized spacial score (nSPS) is 13.8. The van der Waals surface area contributed by atoms with Crippen LogP contribution in [0, 0.1) is 5.92 Å². The third-order valence-corrected chi connectivity index (χ3v) is 2.81. The van der Waals surface area contributed by atoms with Gasteiger partial charge in [-0.15, -0.1) is 0 Å². The number of hydrogen-bond acceptors (Lipinski definition) is 5. The van der Waals surface area contributed by atoms with Crippen LogP contribution < -0.4 is 14.8 Å². The van der Waals surface area contributed by atoms with Crippen molar-refractivity contribution in [3.8, 4) is 11.5 Å². The lowest BCUT2D eigenvalue weighted by Gasteiger charge is -2.15. The molecule has 1 rings (SSSR count). The van der Waals surface area contributed by atoms with Gasteiger partial charge in [0, 0.05) is 26.3 Å². The van der Waals surface area contributed by atoms with Gasteiger partial charge in [0.2, 0.25) is 0 Å². The van der Waals surface area contributed by atoms with Gasteiger partial charge in [0.1, 0.15) is 24.2 Å². The van der Waals surface area contributed by atoms with E-state index in [0.717, 1.165) is 12.3 Å². The Morgan fingerprint density at radius 3 is 2.60 bits per heavy atom. The molecular weight excluding hydrogens is 258 g/mol. The van der Waals surface area contributed by atoms with E-state index in [1.54, 1.807) is 20.3 Å². The van der Waals surface area contributed by atoms with E-state index in [1.165, 1.54) is 0 Å². The summed E-state index contributed by atoms with van der Waals surface area (Å²) < 4.78 is 15.7. The number of methoxy groups -OCH3 is 2. The summed E-state index contributed by atoms with van der Waals surface area (Å²) in [5.41, 5.74) is 0. The summed E-state index contributed by atoms with van der Waals surface area (Å²) in [6.45, 7) is 4.36. The Kier molecular flexibility index (Phi) is 8.02. The second-order valence-electron chi connectivity index (χ2n) is 4.86. The minimum absolute atomic E-state index is 0.249. The molecule has 0 aliphatic heterocycles. The Labute approximate surface area is 120 Å². The zero-order valence-corrected chi connectivity index (χ0v) is 12.5. The van der Waals surface area contributed by atoms with Crippen molar-refractivity contribution in [3.05, 3.63) is 24.3 Å². The van der Waals surface area contributed by atoms with E-state index < -0.39 is 6.10 Å². The first-order chi connectivity index (χ1) is 9.65. The van der Waals surface area contributed by atoms with Crippen LogP contribution in [-0.4, -0.2) is 51.7 Å². The molecule has 20 heavy (non-hydrogen) atoms. The van der Waals surface area contributed by atoms with Gasteiger partial charge in [0.25, 0.3) is 0 Å². The Balaban J connectivity index is 2.20. The molecule has 0 radical (unpaired) electrons. The average Bonchev–Trinajstić information content (AvgIpc) is 2.45. The molecule has 5 heteroatoms. The molecule has 0 heterocycles. The van der Waals surface area contributed by atoms with Crippen molar-refractivity contribution in [1.29, 1.82) is 0 Å². The molecule has 0 amide bonds. The topological polar surface area (TPSA) is 60.0 Å². The average molecular weight is 283 g/mol. The van der Waals surface area contributed by atoms with Crippen molar-refractivity contribution in [2.24, 2.45) is 5.92 Å². The second-order valence-corrected chi connectivity index (χ2v) is 4.86. The summed E-state index contributed by atoms with van der Waals surface area (Å²) in [5.74, 6) is 1.85. The van der Waals surface area contributed by atoms with Crippen LogP contribution in [0.2, 0.25) is 0 Å². The summed E-state index contributed by atoms with van der Waals surface area (Å²) in [4.78, 5) is 0. The maximum Gasteiger partial charge on any atom is 0.123 e. The molecule has 0 aliphatic rings. The number of rotatable bonds is 10. The predicted molar refractivity (Wildman–Crippen MR) is 78.4 cm³/mol. The number of benzene rings is 1. The van der Waals surface area contributed by atoms with Crippen LogP contribution in [0.3, 0.4) is 0 Å². The van der Waals surface area contributed by atoms with Crippen LogP contribution in [0.15, 0.2) is 24.3 Å². The summed E-state index contributed by atoms with van der Waals surface area (Å²) in [6.07, 6.45) is -0.545. The van der Waals surface area contributed by atoms with E-state index in [4.69, 9.17) is 14.2 Å². The summed E-state index contributed by atoms with van der Waals surface area (Å²) in [7, 11) is 3.30. The van der Waals surface area contributed by atoms with Crippen LogP contribution in [0.1, 0.15) is 6.92 Å². The number of aliphatic hydroxyl groups excluding tert-OH is 1. The van der Waals surface area contributed by atoms with Crippen molar-refractivity contribution >= 4 is 0 Å². The highest BCUT2D eigenvalue weighted by atomic mass is 16.5. The zero-order chi connectivity index (χ0) is 14.8. The van der Waals surface area contributed by atoms with Crippen molar-refractivity contribution in [1.82, 2.24) is 5.32 Å². The molecule has 0 fully saturated rings. The van der Waals surface area contributed by atoms with Gasteiger partial charge in [-0.25, -0.2) is 0 Å². The predicted octanol–water partition coefficient (Wildman–Crippen LogP) is 1.31. The molecule has 0 spiro atoms. The quantitative estimate of drug-likeness (QED) is 0.678. The number of nitrogens with one attached hydrogen (secondary N) is 1. The maximum absolute atomic E-state index is 9.83. The maximum atomic E-state index is 9.83. The van der Waals surface area contributed by atoms with Crippen LogP contribution in [0.5, 0.6) is 11.5 Å². The minimum atomic E-state index is -0.545. The molecule has 0 aliphatic carbocycles. The first kappa shape index (κ1) is 16.8. The first-order valence-electron chi connectivity index (χ1n) is 6.80. The molecule has 5 nitrogen and oxygen atoms in total. The van der Waals surface area contributed by atoms with Gasteiger partial charge in [0.05, 0.1) is 7.11 Å². The molecule has 1 aromatic rings. The van der Waals surface area contributed by atoms with Gasteiger partial charge in [0.15, 0.2) is 0 Å². The highest BCUT2D eigenvalue weighted by molar-refractivity contribution is 5.32. The van der Waals surface area contributed by atoms with E-state index in [0.29, 0.717) is 24.8 Å². The molecule has 0 saturated carbocycles. The molecule has 0 aromatic heterocycles. The van der Waals surface area contributed by atoms with Gasteiger partial charge < -0.3 is 24.6 Å². The molecule has 2 unspecified atom stereocenters. The van der Waals surface area contributed by atoms with Gasteiger partial charge in [-0.1, -0.05) is 13.0 Å². The summed E-state index contributed by atoms with van der Waals surface area (Å²) in [6, 6.07) is 7.33. The van der Waals surface area contributed by atoms with E-state index >= 15 is 0 Å². The number of ether oxygens (including phenoxy) is 3. The third-order valence-electron chi connectivity index (χ3n) is 2.81. The van der Waals surface area contributed by atoms with E-state index in [9.17, 15) is 5.11 Å².